The molecule has 1 aliphatic rings. The summed E-state index contributed by atoms with van der Waals surface area (Å²) in [5.74, 6) is -0.901. The Morgan fingerprint density at radius 1 is 1.17 bits per heavy atom. The average molecular weight is 355 g/mol. The van der Waals surface area contributed by atoms with Crippen LogP contribution >= 0.6 is 0 Å². The summed E-state index contributed by atoms with van der Waals surface area (Å²) >= 11 is 0. The van der Waals surface area contributed by atoms with Crippen molar-refractivity contribution in [2.75, 3.05) is 13.1 Å². The number of piperidine rings is 1. The Bertz CT molecular complexity index is 579. The molecule has 1 aromatic heterocycles. The summed E-state index contributed by atoms with van der Waals surface area (Å²) in [5, 5.41) is 0. The van der Waals surface area contributed by atoms with E-state index < -0.39 is 36.8 Å². The highest BCUT2D eigenvalue weighted by molar-refractivity contribution is 5.76. The summed E-state index contributed by atoms with van der Waals surface area (Å²) in [6.45, 7) is 0.363. The molecule has 1 saturated heterocycles. The Balaban J connectivity index is 1.92. The van der Waals surface area contributed by atoms with Crippen molar-refractivity contribution < 1.29 is 31.1 Å². The number of amides is 1. The van der Waals surface area contributed by atoms with Crippen molar-refractivity contribution in [3.8, 4) is 0 Å². The molecule has 0 unspecified atom stereocenters. The number of alkyl halides is 6. The number of hydrogen-bond acceptors (Lipinski definition) is 3. The summed E-state index contributed by atoms with van der Waals surface area (Å²) in [6, 6.07) is 0.777. The third-order valence-electron chi connectivity index (χ3n) is 3.80. The van der Waals surface area contributed by atoms with Gasteiger partial charge < -0.3 is 4.90 Å². The zero-order valence-corrected chi connectivity index (χ0v) is 12.5. The number of rotatable bonds is 3. The topological polar surface area (TPSA) is 46.1 Å². The molecular weight excluding hydrogens is 340 g/mol. The smallest absolute Gasteiger partial charge is 0.343 e. The van der Waals surface area contributed by atoms with Gasteiger partial charge in [0.05, 0.1) is 6.42 Å². The van der Waals surface area contributed by atoms with Crippen LogP contribution in [-0.4, -0.2) is 40.0 Å². The van der Waals surface area contributed by atoms with E-state index in [2.05, 4.69) is 9.97 Å². The molecule has 0 aliphatic carbocycles. The molecule has 0 spiro atoms. The molecule has 10 heteroatoms. The van der Waals surface area contributed by atoms with E-state index >= 15 is 0 Å². The van der Waals surface area contributed by atoms with Crippen LogP contribution in [0.5, 0.6) is 0 Å². The van der Waals surface area contributed by atoms with E-state index in [1.165, 1.54) is 4.90 Å². The Morgan fingerprint density at radius 2 is 1.79 bits per heavy atom. The van der Waals surface area contributed by atoms with E-state index in [9.17, 15) is 31.1 Å². The monoisotopic (exact) mass is 355 g/mol. The number of aromatic nitrogens is 2. The number of carbonyl (C=O) groups excluding carboxylic acids is 1. The molecule has 1 amide bonds. The number of likely N-dealkylation sites (tertiary alicyclic amines) is 1. The summed E-state index contributed by atoms with van der Waals surface area (Å²) < 4.78 is 74.3. The first-order valence-corrected chi connectivity index (χ1v) is 7.31. The van der Waals surface area contributed by atoms with Crippen LogP contribution in [0.4, 0.5) is 26.3 Å². The molecule has 0 aromatic carbocycles. The second kappa shape index (κ2) is 6.94. The summed E-state index contributed by atoms with van der Waals surface area (Å²) in [7, 11) is 0. The molecule has 2 rings (SSSR count). The van der Waals surface area contributed by atoms with Crippen LogP contribution in [0.1, 0.15) is 43.1 Å². The minimum absolute atomic E-state index is 0.0483. The SMILES string of the molecule is O=C(CCC(F)(F)F)N1CCC(c2nccc(C(F)(F)F)n2)CC1. The Kier molecular flexibility index (Phi) is 5.34. The van der Waals surface area contributed by atoms with Crippen LogP contribution in [0.25, 0.3) is 0 Å². The van der Waals surface area contributed by atoms with Crippen molar-refractivity contribution in [3.63, 3.8) is 0 Å². The Labute approximate surface area is 133 Å². The molecular formula is C14H15F6N3O. The van der Waals surface area contributed by atoms with Crippen LogP contribution < -0.4 is 0 Å². The second-order valence-corrected chi connectivity index (χ2v) is 5.57. The minimum atomic E-state index is -4.56. The van der Waals surface area contributed by atoms with Crippen molar-refractivity contribution in [1.29, 1.82) is 0 Å². The molecule has 0 atom stereocenters. The van der Waals surface area contributed by atoms with E-state index in [1.807, 2.05) is 0 Å². The number of carbonyl (C=O) groups is 1. The van der Waals surface area contributed by atoms with Crippen LogP contribution in [0.2, 0.25) is 0 Å². The van der Waals surface area contributed by atoms with E-state index in [4.69, 9.17) is 0 Å². The van der Waals surface area contributed by atoms with Crippen LogP contribution in [-0.2, 0) is 11.0 Å². The molecule has 1 aromatic rings. The zero-order chi connectivity index (χ0) is 18.0. The van der Waals surface area contributed by atoms with E-state index in [0.29, 0.717) is 12.8 Å². The standard InChI is InChI=1S/C14H15F6N3O/c15-13(16,17)5-1-11(24)23-7-3-9(4-8-23)12-21-6-2-10(22-12)14(18,19)20/h2,6,9H,1,3-5,7-8H2. The third kappa shape index (κ3) is 5.07. The third-order valence-corrected chi connectivity index (χ3v) is 3.80. The van der Waals surface area contributed by atoms with E-state index in [0.717, 1.165) is 12.3 Å². The van der Waals surface area contributed by atoms with Gasteiger partial charge in [0, 0.05) is 31.6 Å². The molecule has 4 nitrogen and oxygen atoms in total. The first-order chi connectivity index (χ1) is 11.1. The lowest BCUT2D eigenvalue weighted by atomic mass is 9.95. The molecule has 134 valence electrons. The highest BCUT2D eigenvalue weighted by Gasteiger charge is 2.34. The van der Waals surface area contributed by atoms with Gasteiger partial charge >= 0.3 is 12.4 Å². The highest BCUT2D eigenvalue weighted by atomic mass is 19.4. The first kappa shape index (κ1) is 18.5. The molecule has 2 heterocycles. The van der Waals surface area contributed by atoms with Crippen LogP contribution in [0, 0.1) is 0 Å². The first-order valence-electron chi connectivity index (χ1n) is 7.31. The molecule has 0 saturated carbocycles. The molecule has 1 fully saturated rings. The van der Waals surface area contributed by atoms with Crippen molar-refractivity contribution in [3.05, 3.63) is 23.8 Å². The molecule has 1 aliphatic heterocycles. The lowest BCUT2D eigenvalue weighted by Crippen LogP contribution is -2.38. The lowest BCUT2D eigenvalue weighted by Gasteiger charge is -2.31. The predicted molar refractivity (Wildman–Crippen MR) is 70.9 cm³/mol. The van der Waals surface area contributed by atoms with E-state index in [1.54, 1.807) is 0 Å². The summed E-state index contributed by atoms with van der Waals surface area (Å²) in [5.41, 5.74) is -1.03. The maximum Gasteiger partial charge on any atom is 0.433 e. The molecule has 0 bridgehead atoms. The van der Waals surface area contributed by atoms with Crippen molar-refractivity contribution in [2.24, 2.45) is 0 Å². The molecule has 0 N–H and O–H groups in total. The largest absolute Gasteiger partial charge is 0.433 e. The highest BCUT2D eigenvalue weighted by Crippen LogP contribution is 2.31. The van der Waals surface area contributed by atoms with Crippen LogP contribution in [0.3, 0.4) is 0 Å². The van der Waals surface area contributed by atoms with Gasteiger partial charge in [0.15, 0.2) is 0 Å². The zero-order valence-electron chi connectivity index (χ0n) is 12.5. The molecule has 0 radical (unpaired) electrons. The minimum Gasteiger partial charge on any atom is -0.343 e. The van der Waals surface area contributed by atoms with Gasteiger partial charge in [-0.3, -0.25) is 4.79 Å². The fraction of sp³-hybridized carbons (Fsp3) is 0.643. The van der Waals surface area contributed by atoms with Gasteiger partial charge in [-0.25, -0.2) is 9.97 Å². The summed E-state index contributed by atoms with van der Waals surface area (Å²) in [4.78, 5) is 20.4. The van der Waals surface area contributed by atoms with Crippen molar-refractivity contribution >= 4 is 5.91 Å². The van der Waals surface area contributed by atoms with Gasteiger partial charge in [-0.05, 0) is 18.9 Å². The number of halogens is 6. The average Bonchev–Trinajstić information content (AvgIpc) is 2.51. The number of nitrogens with zero attached hydrogens (tertiary/aromatic N) is 3. The van der Waals surface area contributed by atoms with E-state index in [-0.39, 0.29) is 24.8 Å². The normalized spacial score (nSPS) is 17.2. The lowest BCUT2D eigenvalue weighted by molar-refractivity contribution is -0.149. The maximum atomic E-state index is 12.6. The van der Waals surface area contributed by atoms with Gasteiger partial charge in [0.2, 0.25) is 5.91 Å². The Hall–Kier alpha value is -1.87. The van der Waals surface area contributed by atoms with Crippen molar-refractivity contribution in [1.82, 2.24) is 14.9 Å². The second-order valence-electron chi connectivity index (χ2n) is 5.57. The Morgan fingerprint density at radius 3 is 2.33 bits per heavy atom. The molecule has 24 heavy (non-hydrogen) atoms. The van der Waals surface area contributed by atoms with Gasteiger partial charge in [0.25, 0.3) is 0 Å². The quantitative estimate of drug-likeness (QED) is 0.779. The van der Waals surface area contributed by atoms with Crippen molar-refractivity contribution in [2.45, 2.75) is 44.0 Å². The van der Waals surface area contributed by atoms with Gasteiger partial charge in [-0.1, -0.05) is 0 Å². The van der Waals surface area contributed by atoms with Gasteiger partial charge in [0.1, 0.15) is 11.5 Å². The summed E-state index contributed by atoms with van der Waals surface area (Å²) in [6.07, 6.45) is -9.08. The van der Waals surface area contributed by atoms with Crippen LogP contribution in [0.15, 0.2) is 12.3 Å². The maximum absolute atomic E-state index is 12.6. The number of hydrogen-bond donors (Lipinski definition) is 0. The predicted octanol–water partition coefficient (Wildman–Crippen LogP) is 3.54. The van der Waals surface area contributed by atoms with Gasteiger partial charge in [-0.15, -0.1) is 0 Å². The fourth-order valence-electron chi connectivity index (χ4n) is 2.52. The fourth-order valence-corrected chi connectivity index (χ4v) is 2.52. The van der Waals surface area contributed by atoms with Gasteiger partial charge in [-0.2, -0.15) is 26.3 Å².